The van der Waals surface area contributed by atoms with Crippen LogP contribution in [0.2, 0.25) is 0 Å². The zero-order chi connectivity index (χ0) is 31.3. The van der Waals surface area contributed by atoms with Gasteiger partial charge in [-0.2, -0.15) is 13.2 Å². The van der Waals surface area contributed by atoms with Crippen molar-refractivity contribution in [2.75, 3.05) is 13.7 Å². The van der Waals surface area contributed by atoms with Gasteiger partial charge in [0.2, 0.25) is 11.8 Å². The molecule has 2 heterocycles. The number of oxazole rings is 1. The zero-order valence-corrected chi connectivity index (χ0v) is 24.1. The molecule has 0 aliphatic carbocycles. The van der Waals surface area contributed by atoms with Crippen LogP contribution < -0.4 is 14.2 Å². The minimum atomic E-state index is -4.48. The van der Waals surface area contributed by atoms with Crippen LogP contribution in [-0.4, -0.2) is 34.5 Å². The number of hydrogen-bond acceptors (Lipinski definition) is 8. The Bertz CT molecular complexity index is 1730. The average molecular weight is 608 g/mol. The second kappa shape index (κ2) is 12.9. The van der Waals surface area contributed by atoms with E-state index < -0.39 is 17.7 Å². The van der Waals surface area contributed by atoms with Crippen LogP contribution in [0.3, 0.4) is 0 Å². The van der Waals surface area contributed by atoms with E-state index in [1.165, 1.54) is 30.1 Å². The number of rotatable bonds is 11. The summed E-state index contributed by atoms with van der Waals surface area (Å²) in [6.45, 7) is 3.73. The second-order valence-corrected chi connectivity index (χ2v) is 9.51. The number of ether oxygens (including phenoxy) is 4. The van der Waals surface area contributed by atoms with E-state index in [4.69, 9.17) is 23.4 Å². The van der Waals surface area contributed by atoms with Gasteiger partial charge in [0.05, 0.1) is 25.0 Å². The number of aromatic nitrogens is 3. The van der Waals surface area contributed by atoms with Gasteiger partial charge in [-0.1, -0.05) is 24.3 Å². The van der Waals surface area contributed by atoms with Crippen LogP contribution in [0.1, 0.15) is 39.9 Å². The maximum atomic E-state index is 13.0. The minimum absolute atomic E-state index is 0.00407. The Balaban J connectivity index is 1.30. The van der Waals surface area contributed by atoms with Crippen LogP contribution in [0, 0.1) is 6.92 Å². The van der Waals surface area contributed by atoms with Gasteiger partial charge in [0, 0.05) is 11.8 Å². The number of alkyl halides is 3. The fourth-order valence-electron chi connectivity index (χ4n) is 4.23. The van der Waals surface area contributed by atoms with E-state index >= 15 is 0 Å². The fourth-order valence-corrected chi connectivity index (χ4v) is 4.23. The number of carbonyl (C=O) groups is 1. The van der Waals surface area contributed by atoms with Gasteiger partial charge in [0.25, 0.3) is 0 Å². The number of esters is 1. The molecule has 228 valence electrons. The first kappa shape index (κ1) is 30.2. The number of aryl methyl sites for hydroxylation is 1. The lowest BCUT2D eigenvalue weighted by molar-refractivity contribution is -0.137. The molecule has 0 amide bonds. The van der Waals surface area contributed by atoms with Gasteiger partial charge < -0.3 is 23.4 Å². The lowest BCUT2D eigenvalue weighted by atomic mass is 10.2. The van der Waals surface area contributed by atoms with Gasteiger partial charge in [0.15, 0.2) is 11.5 Å². The summed E-state index contributed by atoms with van der Waals surface area (Å²) in [6, 6.07) is 19.1. The van der Waals surface area contributed by atoms with Crippen molar-refractivity contribution in [3.63, 3.8) is 0 Å². The molecule has 5 rings (SSSR count). The molecule has 0 saturated heterocycles. The smallest absolute Gasteiger partial charge is 0.416 e. The molecule has 12 heteroatoms. The van der Waals surface area contributed by atoms with E-state index in [0.29, 0.717) is 40.1 Å². The van der Waals surface area contributed by atoms with E-state index in [2.05, 4.69) is 10.1 Å². The highest BCUT2D eigenvalue weighted by Crippen LogP contribution is 2.32. The maximum Gasteiger partial charge on any atom is 0.416 e. The van der Waals surface area contributed by atoms with Crippen molar-refractivity contribution in [3.05, 3.63) is 107 Å². The standard InChI is InChI=1S/C32H28F3N3O6/c1-4-41-31(39)25-17-38(24-13-11-23(12-14-24)32(33,34)35)37-30(25)43-18-21-10-15-27(28(16-21)40-3)42-19-26-20(2)44-29(36-26)22-8-6-5-7-9-22/h5-17H,4,18-19H2,1-3H3. The van der Waals surface area contributed by atoms with Crippen molar-refractivity contribution < 1.29 is 41.3 Å². The van der Waals surface area contributed by atoms with Crippen molar-refractivity contribution in [3.8, 4) is 34.5 Å². The van der Waals surface area contributed by atoms with Gasteiger partial charge in [-0.3, -0.25) is 0 Å². The number of hydrogen-bond donors (Lipinski definition) is 0. The molecular formula is C32H28F3N3O6. The molecule has 0 spiro atoms. The molecule has 0 saturated carbocycles. The summed E-state index contributed by atoms with van der Waals surface area (Å²) in [4.78, 5) is 17.2. The first-order valence-electron chi connectivity index (χ1n) is 13.5. The van der Waals surface area contributed by atoms with Crippen LogP contribution in [0.25, 0.3) is 17.1 Å². The van der Waals surface area contributed by atoms with Crippen molar-refractivity contribution in [2.24, 2.45) is 0 Å². The van der Waals surface area contributed by atoms with Gasteiger partial charge in [-0.15, -0.1) is 5.10 Å². The topological polar surface area (TPSA) is 97.8 Å². The van der Waals surface area contributed by atoms with Crippen molar-refractivity contribution >= 4 is 5.97 Å². The molecule has 0 fully saturated rings. The molecule has 5 aromatic rings. The van der Waals surface area contributed by atoms with Crippen LogP contribution in [0.4, 0.5) is 13.2 Å². The summed E-state index contributed by atoms with van der Waals surface area (Å²) < 4.78 is 68.5. The van der Waals surface area contributed by atoms with E-state index in [9.17, 15) is 18.0 Å². The monoisotopic (exact) mass is 607 g/mol. The number of benzene rings is 3. The third-order valence-corrected chi connectivity index (χ3v) is 6.52. The van der Waals surface area contributed by atoms with Crippen molar-refractivity contribution in [2.45, 2.75) is 33.2 Å². The summed E-state index contributed by atoms with van der Waals surface area (Å²) in [5.74, 6) is 1.33. The largest absolute Gasteiger partial charge is 0.493 e. The first-order valence-corrected chi connectivity index (χ1v) is 13.5. The van der Waals surface area contributed by atoms with E-state index in [0.717, 1.165) is 17.7 Å². The predicted molar refractivity (Wildman–Crippen MR) is 153 cm³/mol. The fraction of sp³-hybridized carbons (Fsp3) is 0.219. The lowest BCUT2D eigenvalue weighted by Gasteiger charge is -2.12. The summed E-state index contributed by atoms with van der Waals surface area (Å²) >= 11 is 0. The van der Waals surface area contributed by atoms with Crippen LogP contribution >= 0.6 is 0 Å². The highest BCUT2D eigenvalue weighted by Gasteiger charge is 2.30. The summed E-state index contributed by atoms with van der Waals surface area (Å²) in [7, 11) is 1.51. The number of methoxy groups -OCH3 is 1. The average Bonchev–Trinajstić information content (AvgIpc) is 3.63. The zero-order valence-electron chi connectivity index (χ0n) is 24.1. The summed E-state index contributed by atoms with van der Waals surface area (Å²) in [6.07, 6.45) is -3.13. The Morgan fingerprint density at radius 1 is 0.955 bits per heavy atom. The van der Waals surface area contributed by atoms with Gasteiger partial charge in [0.1, 0.15) is 30.2 Å². The lowest BCUT2D eigenvalue weighted by Crippen LogP contribution is -2.07. The molecule has 0 N–H and O–H groups in total. The van der Waals surface area contributed by atoms with Crippen molar-refractivity contribution in [1.82, 2.24) is 14.8 Å². The molecule has 0 unspecified atom stereocenters. The minimum Gasteiger partial charge on any atom is -0.493 e. The third kappa shape index (κ3) is 6.86. The molecule has 0 aliphatic rings. The number of nitrogens with zero attached hydrogens (tertiary/aromatic N) is 3. The Morgan fingerprint density at radius 2 is 1.70 bits per heavy atom. The molecule has 0 aliphatic heterocycles. The predicted octanol–water partition coefficient (Wildman–Crippen LogP) is 7.20. The van der Waals surface area contributed by atoms with E-state index in [1.807, 2.05) is 37.3 Å². The Labute approximate surface area is 250 Å². The Morgan fingerprint density at radius 3 is 2.39 bits per heavy atom. The molecule has 9 nitrogen and oxygen atoms in total. The first-order chi connectivity index (χ1) is 21.2. The summed E-state index contributed by atoms with van der Waals surface area (Å²) in [5.41, 5.74) is 1.71. The Hall–Kier alpha value is -5.26. The Kier molecular flexibility index (Phi) is 8.88. The number of halogens is 3. The van der Waals surface area contributed by atoms with Crippen LogP contribution in [0.5, 0.6) is 17.4 Å². The van der Waals surface area contributed by atoms with E-state index in [1.54, 1.807) is 25.1 Å². The molecule has 0 bridgehead atoms. The van der Waals surface area contributed by atoms with Gasteiger partial charge >= 0.3 is 12.1 Å². The highest BCUT2D eigenvalue weighted by atomic mass is 19.4. The summed E-state index contributed by atoms with van der Waals surface area (Å²) in [5, 5.41) is 4.29. The maximum absolute atomic E-state index is 13.0. The molecular weight excluding hydrogens is 579 g/mol. The molecule has 3 aromatic carbocycles. The molecule has 2 aromatic heterocycles. The van der Waals surface area contributed by atoms with Crippen LogP contribution in [-0.2, 0) is 24.1 Å². The van der Waals surface area contributed by atoms with Crippen molar-refractivity contribution in [1.29, 1.82) is 0 Å². The number of carbonyl (C=O) groups excluding carboxylic acids is 1. The molecule has 0 atom stereocenters. The van der Waals surface area contributed by atoms with Crippen LogP contribution in [0.15, 0.2) is 83.4 Å². The molecule has 44 heavy (non-hydrogen) atoms. The highest BCUT2D eigenvalue weighted by molar-refractivity contribution is 5.91. The quantitative estimate of drug-likeness (QED) is 0.146. The van der Waals surface area contributed by atoms with Gasteiger partial charge in [-0.25, -0.2) is 14.5 Å². The molecule has 0 radical (unpaired) electrons. The van der Waals surface area contributed by atoms with E-state index in [-0.39, 0.29) is 31.3 Å². The second-order valence-electron chi connectivity index (χ2n) is 9.51. The van der Waals surface area contributed by atoms with Gasteiger partial charge in [-0.05, 0) is 67.9 Å². The SMILES string of the molecule is CCOC(=O)c1cn(-c2ccc(C(F)(F)F)cc2)nc1OCc1ccc(OCc2nc(-c3ccccc3)oc2C)c(OC)c1. The third-order valence-electron chi connectivity index (χ3n) is 6.52. The normalized spacial score (nSPS) is 11.3.